The molecule has 21 heavy (non-hydrogen) atoms. The van der Waals surface area contributed by atoms with Gasteiger partial charge in [0, 0.05) is 8.95 Å². The third-order valence-electron chi connectivity index (χ3n) is 3.05. The predicted molar refractivity (Wildman–Crippen MR) is 93.3 cm³/mol. The van der Waals surface area contributed by atoms with E-state index in [-0.39, 0.29) is 0 Å². The highest BCUT2D eigenvalue weighted by molar-refractivity contribution is 9.11. The van der Waals surface area contributed by atoms with Crippen LogP contribution in [0.3, 0.4) is 0 Å². The Morgan fingerprint density at radius 2 is 1.52 bits per heavy atom. The van der Waals surface area contributed by atoms with E-state index in [0.717, 1.165) is 21.2 Å². The second kappa shape index (κ2) is 6.10. The van der Waals surface area contributed by atoms with Crippen molar-refractivity contribution in [3.05, 3.63) is 56.0 Å². The van der Waals surface area contributed by atoms with E-state index < -0.39 is 10.0 Å². The molecule has 0 aliphatic heterocycles. The lowest BCUT2D eigenvalue weighted by Crippen LogP contribution is -2.16. The third-order valence-corrected chi connectivity index (χ3v) is 5.87. The van der Waals surface area contributed by atoms with Crippen LogP contribution in [0, 0.1) is 20.8 Å². The molecule has 0 saturated carbocycles. The SMILES string of the molecule is Cc1cc(C)c(S(=O)(=O)Nc2ccc(Br)cc2Br)c(C)c1. The molecule has 0 atom stereocenters. The summed E-state index contributed by atoms with van der Waals surface area (Å²) >= 11 is 6.71. The molecule has 0 bridgehead atoms. The van der Waals surface area contributed by atoms with Gasteiger partial charge in [-0.1, -0.05) is 33.6 Å². The molecule has 0 radical (unpaired) electrons. The predicted octanol–water partition coefficient (Wildman–Crippen LogP) is 4.94. The van der Waals surface area contributed by atoms with E-state index in [4.69, 9.17) is 0 Å². The monoisotopic (exact) mass is 431 g/mol. The van der Waals surface area contributed by atoms with E-state index in [1.807, 2.05) is 32.9 Å². The fourth-order valence-corrected chi connectivity index (χ4v) is 5.17. The van der Waals surface area contributed by atoms with Crippen LogP contribution in [-0.4, -0.2) is 8.42 Å². The summed E-state index contributed by atoms with van der Waals surface area (Å²) < 4.78 is 29.5. The van der Waals surface area contributed by atoms with Crippen molar-refractivity contribution in [2.75, 3.05) is 4.72 Å². The number of halogens is 2. The Hall–Kier alpha value is -0.850. The lowest BCUT2D eigenvalue weighted by atomic mass is 10.1. The van der Waals surface area contributed by atoms with Gasteiger partial charge in [0.1, 0.15) is 0 Å². The maximum Gasteiger partial charge on any atom is 0.262 e. The zero-order valence-electron chi connectivity index (χ0n) is 11.9. The summed E-state index contributed by atoms with van der Waals surface area (Å²) in [5.74, 6) is 0. The lowest BCUT2D eigenvalue weighted by molar-refractivity contribution is 0.600. The molecule has 0 aromatic heterocycles. The standard InChI is InChI=1S/C15H15Br2NO2S/c1-9-6-10(2)15(11(3)7-9)21(19,20)18-14-5-4-12(16)8-13(14)17/h4-8,18H,1-3H3. The fourth-order valence-electron chi connectivity index (χ4n) is 2.36. The van der Waals surface area contributed by atoms with Gasteiger partial charge >= 0.3 is 0 Å². The van der Waals surface area contributed by atoms with Gasteiger partial charge in [0.25, 0.3) is 10.0 Å². The van der Waals surface area contributed by atoms with Crippen molar-refractivity contribution in [2.24, 2.45) is 0 Å². The average Bonchev–Trinajstić information content (AvgIpc) is 2.30. The number of hydrogen-bond acceptors (Lipinski definition) is 2. The molecule has 1 N–H and O–H groups in total. The number of benzene rings is 2. The molecule has 0 saturated heterocycles. The Balaban J connectivity index is 2.48. The van der Waals surface area contributed by atoms with Crippen molar-refractivity contribution in [3.63, 3.8) is 0 Å². The van der Waals surface area contributed by atoms with Crippen molar-refractivity contribution in [1.29, 1.82) is 0 Å². The number of sulfonamides is 1. The Morgan fingerprint density at radius 3 is 2.05 bits per heavy atom. The molecular formula is C15H15Br2NO2S. The molecule has 2 aromatic rings. The number of aryl methyl sites for hydroxylation is 3. The van der Waals surface area contributed by atoms with Crippen LogP contribution in [0.2, 0.25) is 0 Å². The van der Waals surface area contributed by atoms with Gasteiger partial charge in [0.05, 0.1) is 10.6 Å². The smallest absolute Gasteiger partial charge is 0.262 e. The van der Waals surface area contributed by atoms with Crippen LogP contribution in [0.15, 0.2) is 44.2 Å². The Bertz CT molecular complexity index is 778. The highest BCUT2D eigenvalue weighted by Gasteiger charge is 2.20. The molecular weight excluding hydrogens is 418 g/mol. The minimum atomic E-state index is -3.62. The third kappa shape index (κ3) is 3.67. The average molecular weight is 433 g/mol. The molecule has 0 aliphatic carbocycles. The quantitative estimate of drug-likeness (QED) is 0.746. The molecule has 0 aliphatic rings. The van der Waals surface area contributed by atoms with Crippen molar-refractivity contribution in [1.82, 2.24) is 0 Å². The molecule has 0 amide bonds. The summed E-state index contributed by atoms with van der Waals surface area (Å²) in [6.45, 7) is 5.57. The van der Waals surface area contributed by atoms with Gasteiger partial charge in [-0.2, -0.15) is 0 Å². The Kier molecular flexibility index (Phi) is 4.80. The van der Waals surface area contributed by atoms with E-state index >= 15 is 0 Å². The zero-order valence-corrected chi connectivity index (χ0v) is 15.9. The van der Waals surface area contributed by atoms with Crippen LogP contribution in [-0.2, 0) is 10.0 Å². The molecule has 0 fully saturated rings. The normalized spacial score (nSPS) is 11.5. The maximum atomic E-state index is 12.6. The van der Waals surface area contributed by atoms with E-state index in [2.05, 4.69) is 36.6 Å². The summed E-state index contributed by atoms with van der Waals surface area (Å²) in [6.07, 6.45) is 0. The zero-order chi connectivity index (χ0) is 15.8. The molecule has 2 aromatic carbocycles. The molecule has 2 rings (SSSR count). The van der Waals surface area contributed by atoms with Crippen LogP contribution >= 0.6 is 31.9 Å². The first-order valence-electron chi connectivity index (χ1n) is 6.26. The van der Waals surface area contributed by atoms with E-state index in [9.17, 15) is 8.42 Å². The summed E-state index contributed by atoms with van der Waals surface area (Å²) in [5, 5.41) is 0. The number of hydrogen-bond donors (Lipinski definition) is 1. The van der Waals surface area contributed by atoms with E-state index in [0.29, 0.717) is 15.1 Å². The Labute approximate surface area is 142 Å². The van der Waals surface area contributed by atoms with Crippen LogP contribution in [0.5, 0.6) is 0 Å². The topological polar surface area (TPSA) is 46.2 Å². The number of anilines is 1. The molecule has 6 heteroatoms. The van der Waals surface area contributed by atoms with Gasteiger partial charge in [0.2, 0.25) is 0 Å². The number of nitrogens with one attached hydrogen (secondary N) is 1. The van der Waals surface area contributed by atoms with E-state index in [1.54, 1.807) is 18.2 Å². The van der Waals surface area contributed by atoms with Crippen molar-refractivity contribution >= 4 is 47.6 Å². The second-order valence-electron chi connectivity index (χ2n) is 4.96. The first-order chi connectivity index (χ1) is 9.70. The minimum absolute atomic E-state index is 0.336. The highest BCUT2D eigenvalue weighted by atomic mass is 79.9. The lowest BCUT2D eigenvalue weighted by Gasteiger charge is -2.15. The van der Waals surface area contributed by atoms with Crippen molar-refractivity contribution < 1.29 is 8.42 Å². The molecule has 0 spiro atoms. The van der Waals surface area contributed by atoms with E-state index in [1.165, 1.54) is 0 Å². The molecule has 0 heterocycles. The van der Waals surface area contributed by atoms with Crippen molar-refractivity contribution in [3.8, 4) is 0 Å². The van der Waals surface area contributed by atoms with Gasteiger partial charge in [-0.3, -0.25) is 4.72 Å². The first-order valence-corrected chi connectivity index (χ1v) is 9.33. The van der Waals surface area contributed by atoms with Gasteiger partial charge in [-0.25, -0.2) is 8.42 Å². The van der Waals surface area contributed by atoms with Gasteiger partial charge < -0.3 is 0 Å². The summed E-state index contributed by atoms with van der Waals surface area (Å²) in [5.41, 5.74) is 3.05. The highest BCUT2D eigenvalue weighted by Crippen LogP contribution is 2.30. The Morgan fingerprint density at radius 1 is 0.952 bits per heavy atom. The number of rotatable bonds is 3. The second-order valence-corrected chi connectivity index (χ2v) is 8.35. The largest absolute Gasteiger partial charge is 0.278 e. The van der Waals surface area contributed by atoms with Gasteiger partial charge in [0.15, 0.2) is 0 Å². The minimum Gasteiger partial charge on any atom is -0.278 e. The van der Waals surface area contributed by atoms with Crippen LogP contribution in [0.4, 0.5) is 5.69 Å². The van der Waals surface area contributed by atoms with Crippen LogP contribution < -0.4 is 4.72 Å². The van der Waals surface area contributed by atoms with Crippen molar-refractivity contribution in [2.45, 2.75) is 25.7 Å². The summed E-state index contributed by atoms with van der Waals surface area (Å²) in [7, 11) is -3.62. The van der Waals surface area contributed by atoms with Gasteiger partial charge in [-0.05, 0) is 66.0 Å². The molecule has 3 nitrogen and oxygen atoms in total. The van der Waals surface area contributed by atoms with Crippen LogP contribution in [0.1, 0.15) is 16.7 Å². The maximum absolute atomic E-state index is 12.6. The summed E-state index contributed by atoms with van der Waals surface area (Å²) in [4.78, 5) is 0.336. The first kappa shape index (κ1) is 16.5. The van der Waals surface area contributed by atoms with Gasteiger partial charge in [-0.15, -0.1) is 0 Å². The molecule has 0 unspecified atom stereocenters. The summed E-state index contributed by atoms with van der Waals surface area (Å²) in [6, 6.07) is 9.05. The van der Waals surface area contributed by atoms with Crippen LogP contribution in [0.25, 0.3) is 0 Å². The fraction of sp³-hybridized carbons (Fsp3) is 0.200. The molecule has 112 valence electrons.